The van der Waals surface area contributed by atoms with Gasteiger partial charge in [0.2, 0.25) is 5.91 Å². The summed E-state index contributed by atoms with van der Waals surface area (Å²) in [5, 5.41) is 15.0. The van der Waals surface area contributed by atoms with E-state index in [2.05, 4.69) is 31.4 Å². The first-order valence-corrected chi connectivity index (χ1v) is 6.06. The van der Waals surface area contributed by atoms with E-state index >= 15 is 0 Å². The fourth-order valence-corrected chi connectivity index (χ4v) is 1.31. The molecule has 0 rings (SSSR count). The van der Waals surface area contributed by atoms with E-state index in [1.807, 2.05) is 6.92 Å². The quantitative estimate of drug-likeness (QED) is 0.580. The minimum atomic E-state index is -0.149. The average molecular weight is 230 g/mol. The molecule has 0 aliphatic rings. The lowest BCUT2D eigenvalue weighted by molar-refractivity contribution is -0.120. The molecule has 0 aliphatic heterocycles. The molecule has 96 valence electrons. The molecule has 0 saturated heterocycles. The van der Waals surface area contributed by atoms with Crippen molar-refractivity contribution >= 4 is 5.91 Å². The molecule has 1 amide bonds. The second kappa shape index (κ2) is 7.63. The van der Waals surface area contributed by atoms with Crippen molar-refractivity contribution in [3.05, 3.63) is 0 Å². The van der Waals surface area contributed by atoms with Gasteiger partial charge in [-0.05, 0) is 25.7 Å². The van der Waals surface area contributed by atoms with E-state index in [0.29, 0.717) is 25.4 Å². The lowest BCUT2D eigenvalue weighted by Crippen LogP contribution is -2.47. The summed E-state index contributed by atoms with van der Waals surface area (Å²) in [7, 11) is 0. The minimum Gasteiger partial charge on any atom is -0.396 e. The summed E-state index contributed by atoms with van der Waals surface area (Å²) in [6, 6.07) is 0. The zero-order valence-electron chi connectivity index (χ0n) is 11.0. The van der Waals surface area contributed by atoms with E-state index in [4.69, 9.17) is 5.11 Å². The third-order valence-corrected chi connectivity index (χ3v) is 2.83. The van der Waals surface area contributed by atoms with Gasteiger partial charge in [-0.15, -0.1) is 0 Å². The van der Waals surface area contributed by atoms with Crippen LogP contribution in [0.5, 0.6) is 0 Å². The van der Waals surface area contributed by atoms with E-state index in [0.717, 1.165) is 6.42 Å². The summed E-state index contributed by atoms with van der Waals surface area (Å²) in [6.45, 7) is 9.38. The van der Waals surface area contributed by atoms with Crippen LogP contribution in [-0.4, -0.2) is 36.2 Å². The fraction of sp³-hybridized carbons (Fsp3) is 0.917. The number of hydrogen-bond donors (Lipinski definition) is 3. The van der Waals surface area contributed by atoms with Gasteiger partial charge in [-0.25, -0.2) is 0 Å². The van der Waals surface area contributed by atoms with Crippen LogP contribution in [-0.2, 0) is 4.79 Å². The van der Waals surface area contributed by atoms with Crippen molar-refractivity contribution in [2.75, 3.05) is 19.7 Å². The zero-order chi connectivity index (χ0) is 12.6. The summed E-state index contributed by atoms with van der Waals surface area (Å²) < 4.78 is 0. The van der Waals surface area contributed by atoms with Crippen LogP contribution in [0.15, 0.2) is 0 Å². The number of nitrogens with one attached hydrogen (secondary N) is 2. The molecule has 4 nitrogen and oxygen atoms in total. The van der Waals surface area contributed by atoms with E-state index in [1.165, 1.54) is 0 Å². The maximum Gasteiger partial charge on any atom is 0.233 e. The van der Waals surface area contributed by atoms with Crippen LogP contribution < -0.4 is 10.6 Å². The Labute approximate surface area is 98.8 Å². The van der Waals surface area contributed by atoms with Crippen LogP contribution in [0.2, 0.25) is 0 Å². The molecule has 0 radical (unpaired) electrons. The Morgan fingerprint density at radius 2 is 2.06 bits per heavy atom. The van der Waals surface area contributed by atoms with Crippen LogP contribution in [0.25, 0.3) is 0 Å². The van der Waals surface area contributed by atoms with Crippen LogP contribution in [0.3, 0.4) is 0 Å². The molecule has 0 saturated carbocycles. The number of carbonyl (C=O) groups excluding carboxylic acids is 1. The smallest absolute Gasteiger partial charge is 0.233 e. The Morgan fingerprint density at radius 3 is 2.50 bits per heavy atom. The molecule has 0 heterocycles. The van der Waals surface area contributed by atoms with Crippen molar-refractivity contribution in [1.82, 2.24) is 10.6 Å². The molecule has 0 aromatic heterocycles. The van der Waals surface area contributed by atoms with Crippen LogP contribution >= 0.6 is 0 Å². The highest BCUT2D eigenvalue weighted by molar-refractivity contribution is 5.78. The number of hydrogen-bond acceptors (Lipinski definition) is 3. The number of rotatable bonds is 8. The van der Waals surface area contributed by atoms with E-state index in [-0.39, 0.29) is 18.1 Å². The Kier molecular flexibility index (Phi) is 7.34. The van der Waals surface area contributed by atoms with Gasteiger partial charge in [0.1, 0.15) is 0 Å². The predicted octanol–water partition coefficient (Wildman–Crippen LogP) is 0.899. The van der Waals surface area contributed by atoms with Gasteiger partial charge < -0.3 is 15.7 Å². The molecule has 0 spiro atoms. The maximum absolute atomic E-state index is 11.5. The zero-order valence-corrected chi connectivity index (χ0v) is 11.0. The number of amides is 1. The highest BCUT2D eigenvalue weighted by Crippen LogP contribution is 2.12. The molecule has 1 unspecified atom stereocenters. The van der Waals surface area contributed by atoms with Gasteiger partial charge in [0.15, 0.2) is 0 Å². The van der Waals surface area contributed by atoms with Gasteiger partial charge in [0.25, 0.3) is 0 Å². The Bertz CT molecular complexity index is 207. The second-order valence-electron chi connectivity index (χ2n) is 4.94. The standard InChI is InChI=1S/C12H26N2O2/c1-5-12(4,6-7-15)14-9-11(16)13-8-10(2)3/h10,14-15H,5-9H2,1-4H3,(H,13,16). The van der Waals surface area contributed by atoms with Crippen molar-refractivity contribution in [2.24, 2.45) is 5.92 Å². The summed E-state index contributed by atoms with van der Waals surface area (Å²) in [5.74, 6) is 0.491. The third-order valence-electron chi connectivity index (χ3n) is 2.83. The third kappa shape index (κ3) is 6.80. The normalized spacial score (nSPS) is 14.9. The molecular weight excluding hydrogens is 204 g/mol. The SMILES string of the molecule is CCC(C)(CCO)NCC(=O)NCC(C)C. The first-order chi connectivity index (χ1) is 7.43. The topological polar surface area (TPSA) is 61.4 Å². The Hall–Kier alpha value is -0.610. The molecule has 0 aromatic rings. The van der Waals surface area contributed by atoms with E-state index in [9.17, 15) is 4.79 Å². The first kappa shape index (κ1) is 15.4. The van der Waals surface area contributed by atoms with Crippen LogP contribution in [0.1, 0.15) is 40.5 Å². The van der Waals surface area contributed by atoms with E-state index < -0.39 is 0 Å². The van der Waals surface area contributed by atoms with Gasteiger partial charge in [-0.1, -0.05) is 20.8 Å². The largest absolute Gasteiger partial charge is 0.396 e. The minimum absolute atomic E-state index is 0.0197. The molecule has 4 heteroatoms. The molecule has 0 fully saturated rings. The van der Waals surface area contributed by atoms with E-state index in [1.54, 1.807) is 0 Å². The summed E-state index contributed by atoms with van der Waals surface area (Å²) in [4.78, 5) is 11.5. The summed E-state index contributed by atoms with van der Waals surface area (Å²) in [5.41, 5.74) is -0.149. The van der Waals surface area contributed by atoms with Gasteiger partial charge in [0, 0.05) is 18.7 Å². The maximum atomic E-state index is 11.5. The first-order valence-electron chi connectivity index (χ1n) is 6.06. The molecule has 3 N–H and O–H groups in total. The number of carbonyl (C=O) groups is 1. The number of aliphatic hydroxyl groups excluding tert-OH is 1. The average Bonchev–Trinajstić information content (AvgIpc) is 2.24. The molecule has 0 aromatic carbocycles. The van der Waals surface area contributed by atoms with Crippen molar-refractivity contribution < 1.29 is 9.90 Å². The highest BCUT2D eigenvalue weighted by Gasteiger charge is 2.21. The van der Waals surface area contributed by atoms with Gasteiger partial charge in [-0.2, -0.15) is 0 Å². The monoisotopic (exact) mass is 230 g/mol. The lowest BCUT2D eigenvalue weighted by Gasteiger charge is -2.28. The van der Waals surface area contributed by atoms with Crippen LogP contribution in [0, 0.1) is 5.92 Å². The molecular formula is C12H26N2O2. The van der Waals surface area contributed by atoms with Gasteiger partial charge in [0.05, 0.1) is 6.54 Å². The van der Waals surface area contributed by atoms with Crippen LogP contribution in [0.4, 0.5) is 0 Å². The fourth-order valence-electron chi connectivity index (χ4n) is 1.31. The molecule has 0 aliphatic carbocycles. The highest BCUT2D eigenvalue weighted by atomic mass is 16.3. The van der Waals surface area contributed by atoms with Crippen molar-refractivity contribution in [1.29, 1.82) is 0 Å². The lowest BCUT2D eigenvalue weighted by atomic mass is 9.95. The van der Waals surface area contributed by atoms with Crippen molar-refractivity contribution in [2.45, 2.75) is 46.1 Å². The summed E-state index contributed by atoms with van der Waals surface area (Å²) >= 11 is 0. The van der Waals surface area contributed by atoms with Crippen molar-refractivity contribution in [3.8, 4) is 0 Å². The summed E-state index contributed by atoms with van der Waals surface area (Å²) in [6.07, 6.45) is 1.56. The molecule has 16 heavy (non-hydrogen) atoms. The van der Waals surface area contributed by atoms with Gasteiger partial charge in [-0.3, -0.25) is 4.79 Å². The second-order valence-corrected chi connectivity index (χ2v) is 4.94. The predicted molar refractivity (Wildman–Crippen MR) is 66.2 cm³/mol. The Balaban J connectivity index is 3.88. The molecule has 0 bridgehead atoms. The van der Waals surface area contributed by atoms with Crippen molar-refractivity contribution in [3.63, 3.8) is 0 Å². The van der Waals surface area contributed by atoms with Gasteiger partial charge >= 0.3 is 0 Å². The number of aliphatic hydroxyl groups is 1. The Morgan fingerprint density at radius 1 is 1.44 bits per heavy atom. The molecule has 1 atom stereocenters.